The average Bonchev–Trinajstić information content (AvgIpc) is 2.95. The molecule has 0 bridgehead atoms. The molecule has 11 atom stereocenters. The Bertz CT molecular complexity index is 925. The van der Waals surface area contributed by atoms with Crippen molar-refractivity contribution >= 4 is 11.9 Å². The Kier molecular flexibility index (Phi) is 12.1. The fraction of sp³-hybridized carbons (Fsp3) is 0.704. The van der Waals surface area contributed by atoms with Crippen LogP contribution in [-0.2, 0) is 33.3 Å². The van der Waals surface area contributed by atoms with Gasteiger partial charge in [0.2, 0.25) is 6.29 Å². The van der Waals surface area contributed by atoms with Crippen molar-refractivity contribution in [3.8, 4) is 0 Å². The van der Waals surface area contributed by atoms with Crippen LogP contribution in [0.25, 0.3) is 0 Å². The van der Waals surface area contributed by atoms with E-state index in [4.69, 9.17) is 23.7 Å². The van der Waals surface area contributed by atoms with Gasteiger partial charge in [-0.1, -0.05) is 18.2 Å². The van der Waals surface area contributed by atoms with Crippen molar-refractivity contribution in [2.45, 2.75) is 50.3 Å². The lowest BCUT2D eigenvalue weighted by atomic mass is 9.81. The van der Waals surface area contributed by atoms with Gasteiger partial charge in [-0.3, -0.25) is 0 Å². The molecule has 0 amide bonds. The van der Waals surface area contributed by atoms with Gasteiger partial charge in [0.15, 0.2) is 6.29 Å². The van der Waals surface area contributed by atoms with Gasteiger partial charge < -0.3 is 58.9 Å². The minimum atomic E-state index is -1.41. The van der Waals surface area contributed by atoms with Gasteiger partial charge >= 0.3 is 5.97 Å². The van der Waals surface area contributed by atoms with Crippen molar-refractivity contribution in [3.05, 3.63) is 36.6 Å². The van der Waals surface area contributed by atoms with Crippen LogP contribution in [0.3, 0.4) is 0 Å². The maximum absolute atomic E-state index is 12.6. The molecule has 2 saturated heterocycles. The van der Waals surface area contributed by atoms with Crippen molar-refractivity contribution in [3.63, 3.8) is 0 Å². The van der Waals surface area contributed by atoms with Crippen LogP contribution in [0.2, 0.25) is 0 Å². The van der Waals surface area contributed by atoms with E-state index in [-0.39, 0.29) is 24.7 Å². The molecule has 3 rings (SSSR count). The molecule has 3 aliphatic heterocycles. The zero-order chi connectivity index (χ0) is 29.4. The van der Waals surface area contributed by atoms with Crippen LogP contribution in [0.4, 0.5) is 0 Å². The highest BCUT2D eigenvalue weighted by Gasteiger charge is 2.48. The minimum Gasteiger partial charge on any atom is -0.550 e. The van der Waals surface area contributed by atoms with Crippen LogP contribution in [0, 0.1) is 23.7 Å². The molecule has 3 heterocycles. The summed E-state index contributed by atoms with van der Waals surface area (Å²) in [5.74, 6) is -3.94. The number of likely N-dealkylation sites (tertiary alicyclic amines) is 1. The Hall–Kier alpha value is -2.36. The monoisotopic (exact) mass is 571 g/mol. The molecule has 13 nitrogen and oxygen atoms in total. The van der Waals surface area contributed by atoms with E-state index in [2.05, 4.69) is 6.58 Å². The molecule has 40 heavy (non-hydrogen) atoms. The summed E-state index contributed by atoms with van der Waals surface area (Å²) < 4.78 is 28.0. The molecule has 0 aromatic rings. The normalized spacial score (nSPS) is 38.4. The molecule has 0 aromatic heterocycles. The summed E-state index contributed by atoms with van der Waals surface area (Å²) in [7, 11) is 1.24. The highest BCUT2D eigenvalue weighted by molar-refractivity contribution is 5.89. The second kappa shape index (κ2) is 15.0. The summed E-state index contributed by atoms with van der Waals surface area (Å²) in [6.07, 6.45) is -0.644. The number of hydrogen-bond acceptors (Lipinski definition) is 12. The van der Waals surface area contributed by atoms with Gasteiger partial charge in [0.05, 0.1) is 57.1 Å². The fourth-order valence-corrected chi connectivity index (χ4v) is 5.57. The molecular formula is C27H41NO12. The smallest absolute Gasteiger partial charge is 0.337 e. The number of carboxylic acid groups (broad SMARTS) is 1. The highest BCUT2D eigenvalue weighted by atomic mass is 16.8. The van der Waals surface area contributed by atoms with E-state index in [1.165, 1.54) is 19.4 Å². The average molecular weight is 572 g/mol. The number of nitrogens with one attached hydrogen (secondary N) is 1. The Labute approximate surface area is 233 Å². The number of hydrogen-bond donors (Lipinski definition) is 5. The Morgan fingerprint density at radius 2 is 1.95 bits per heavy atom. The van der Waals surface area contributed by atoms with Gasteiger partial charge in [-0.25, -0.2) is 4.79 Å². The third-order valence-electron chi connectivity index (χ3n) is 7.62. The molecule has 0 aromatic carbocycles. The Morgan fingerprint density at radius 1 is 1.20 bits per heavy atom. The molecular weight excluding hydrogens is 530 g/mol. The lowest BCUT2D eigenvalue weighted by Gasteiger charge is -2.44. The van der Waals surface area contributed by atoms with E-state index in [0.717, 1.165) is 4.90 Å². The number of aliphatic hydroxyl groups excluding tert-OH is 4. The van der Waals surface area contributed by atoms with Crippen molar-refractivity contribution in [1.29, 1.82) is 0 Å². The first-order valence-corrected chi connectivity index (χ1v) is 13.5. The standard InChI is InChI=1S/C27H41NO12/c1-4-17-18(7-6-15-10-16(24(33)34)12-28(11-15)8-9-29)19(25(35)36-3)14-38-26(17)40-27-23(37-5-2)22(32)21(31)20(13-30)39-27/h4,6-7,14-18,20-23,26-27,29-32H,1,5,8-13H2,2-3H3,(H,33,34)/t15?,16?,17-,18+,20-,21-,22+,23+,26-,27+/m1/s1. The molecule has 3 aliphatic rings. The summed E-state index contributed by atoms with van der Waals surface area (Å²) in [6.45, 7) is 6.47. The summed E-state index contributed by atoms with van der Waals surface area (Å²) >= 11 is 0. The summed E-state index contributed by atoms with van der Waals surface area (Å²) in [5, 5.41) is 51.5. The zero-order valence-corrected chi connectivity index (χ0v) is 22.8. The molecule has 0 aliphatic carbocycles. The fourth-order valence-electron chi connectivity index (χ4n) is 5.57. The van der Waals surface area contributed by atoms with E-state index in [9.17, 15) is 35.1 Å². The van der Waals surface area contributed by atoms with Gasteiger partial charge in [-0.05, 0) is 13.3 Å². The number of methoxy groups -OCH3 is 1. The Balaban J connectivity index is 1.86. The van der Waals surface area contributed by atoms with Gasteiger partial charge in [0, 0.05) is 24.4 Å². The topological polar surface area (TPSA) is 189 Å². The molecule has 0 radical (unpaired) electrons. The van der Waals surface area contributed by atoms with E-state index >= 15 is 0 Å². The first kappa shape index (κ1) is 32.2. The number of aliphatic carboxylic acids is 1. The molecule has 2 fully saturated rings. The number of quaternary nitrogens is 1. The summed E-state index contributed by atoms with van der Waals surface area (Å²) in [4.78, 5) is 25.2. The third kappa shape index (κ3) is 7.47. The van der Waals surface area contributed by atoms with Crippen LogP contribution >= 0.6 is 0 Å². The predicted molar refractivity (Wildman–Crippen MR) is 135 cm³/mol. The van der Waals surface area contributed by atoms with Crippen LogP contribution in [-0.4, -0.2) is 116 Å². The van der Waals surface area contributed by atoms with Crippen LogP contribution in [0.1, 0.15) is 13.3 Å². The largest absolute Gasteiger partial charge is 0.550 e. The second-order valence-corrected chi connectivity index (χ2v) is 10.2. The van der Waals surface area contributed by atoms with Crippen molar-refractivity contribution in [2.24, 2.45) is 23.7 Å². The quantitative estimate of drug-likeness (QED) is 0.115. The molecule has 5 N–H and O–H groups in total. The van der Waals surface area contributed by atoms with Crippen molar-refractivity contribution in [2.75, 3.05) is 46.6 Å². The summed E-state index contributed by atoms with van der Waals surface area (Å²) in [6, 6.07) is 0. The van der Waals surface area contributed by atoms with Crippen molar-refractivity contribution < 1.29 is 63.7 Å². The SMILES string of the molecule is C=C[C@H]1[C@@H](O[C@@H]2O[C@H](CO)[C@@H](O)[C@H](O)[C@@H]2OCC)OC=C(C(=O)OC)[C@H]1C=CC1CC(C(=O)[O-])C[NH+](CCO)C1. The summed E-state index contributed by atoms with van der Waals surface area (Å²) in [5.41, 5.74) is 0.185. The number of aliphatic hydroxyl groups is 4. The molecule has 3 unspecified atom stereocenters. The highest BCUT2D eigenvalue weighted by Crippen LogP contribution is 2.37. The van der Waals surface area contributed by atoms with Gasteiger partial charge in [0.25, 0.3) is 0 Å². The Morgan fingerprint density at radius 3 is 2.55 bits per heavy atom. The predicted octanol–water partition coefficient (Wildman–Crippen LogP) is -3.50. The number of ether oxygens (including phenoxy) is 5. The van der Waals surface area contributed by atoms with Gasteiger partial charge in [-0.2, -0.15) is 0 Å². The number of carbonyl (C=O) groups is 2. The van der Waals surface area contributed by atoms with Gasteiger partial charge in [0.1, 0.15) is 31.0 Å². The first-order valence-electron chi connectivity index (χ1n) is 13.5. The molecule has 0 spiro atoms. The van der Waals surface area contributed by atoms with Crippen molar-refractivity contribution in [1.82, 2.24) is 0 Å². The minimum absolute atomic E-state index is 0.0763. The van der Waals surface area contributed by atoms with E-state index in [0.29, 0.717) is 26.1 Å². The molecule has 226 valence electrons. The molecule has 0 saturated carbocycles. The lowest BCUT2D eigenvalue weighted by molar-refractivity contribution is -0.911. The maximum Gasteiger partial charge on any atom is 0.337 e. The number of carboxylic acids is 1. The lowest BCUT2D eigenvalue weighted by Crippen LogP contribution is -3.15. The maximum atomic E-state index is 12.6. The number of rotatable bonds is 12. The zero-order valence-electron chi connectivity index (χ0n) is 22.8. The number of allylic oxidation sites excluding steroid dienone is 1. The number of esters is 1. The number of carbonyl (C=O) groups excluding carboxylic acids is 2. The van der Waals surface area contributed by atoms with Crippen LogP contribution in [0.5, 0.6) is 0 Å². The van der Waals surface area contributed by atoms with Gasteiger partial charge in [-0.15, -0.1) is 6.58 Å². The van der Waals surface area contributed by atoms with E-state index in [1.807, 2.05) is 6.08 Å². The second-order valence-electron chi connectivity index (χ2n) is 10.2. The molecule has 13 heteroatoms. The van der Waals surface area contributed by atoms with E-state index in [1.54, 1.807) is 13.0 Å². The first-order chi connectivity index (χ1) is 19.2. The van der Waals surface area contributed by atoms with Crippen LogP contribution < -0.4 is 10.0 Å². The third-order valence-corrected chi connectivity index (χ3v) is 7.62. The van der Waals surface area contributed by atoms with Crippen LogP contribution in [0.15, 0.2) is 36.6 Å². The van der Waals surface area contributed by atoms with E-state index < -0.39 is 73.3 Å². The number of piperidine rings is 1.